The summed E-state index contributed by atoms with van der Waals surface area (Å²) in [6, 6.07) is 24.5. The summed E-state index contributed by atoms with van der Waals surface area (Å²) < 4.78 is 0. The Kier molecular flexibility index (Phi) is 5.12. The molecule has 2 nitrogen and oxygen atoms in total. The topological polar surface area (TPSA) is 40.5 Å². The van der Waals surface area contributed by atoms with Gasteiger partial charge in [-0.25, -0.2) is 0 Å². The van der Waals surface area contributed by atoms with Gasteiger partial charge in [-0.05, 0) is 22.8 Å². The lowest BCUT2D eigenvalue weighted by Crippen LogP contribution is -2.24. The Bertz CT molecular complexity index is 910. The van der Waals surface area contributed by atoms with E-state index in [0.29, 0.717) is 5.56 Å². The molecule has 3 aromatic rings. The third-order valence-electron chi connectivity index (χ3n) is 5.75. The third kappa shape index (κ3) is 3.50. The van der Waals surface area contributed by atoms with Crippen LogP contribution in [-0.2, 0) is 17.4 Å². The Morgan fingerprint density at radius 2 is 1.15 bits per heavy atom. The van der Waals surface area contributed by atoms with Crippen LogP contribution in [0.5, 0.6) is 5.75 Å². The molecule has 0 aliphatic heterocycles. The Morgan fingerprint density at radius 3 is 1.63 bits per heavy atom. The largest absolute Gasteiger partial charge is 0.507 e. The lowest BCUT2D eigenvalue weighted by Gasteiger charge is -2.32. The molecule has 0 atom stereocenters. The van der Waals surface area contributed by atoms with Gasteiger partial charge in [0.25, 0.3) is 0 Å². The smallest absolute Gasteiger partial charge is 0.125 e. The van der Waals surface area contributed by atoms with Crippen molar-refractivity contribution < 1.29 is 10.2 Å². The molecule has 0 fully saturated rings. The summed E-state index contributed by atoms with van der Waals surface area (Å²) in [5.41, 5.74) is 4.16. The molecule has 0 aromatic heterocycles. The molecule has 2 heteroatoms. The van der Waals surface area contributed by atoms with E-state index in [-0.39, 0.29) is 17.8 Å². The summed E-state index contributed by atoms with van der Waals surface area (Å²) in [5.74, 6) is 0.180. The maximum absolute atomic E-state index is 10.9. The van der Waals surface area contributed by atoms with Crippen LogP contribution >= 0.6 is 0 Å². The maximum Gasteiger partial charge on any atom is 0.125 e. The van der Waals surface area contributed by atoms with Gasteiger partial charge in [0.15, 0.2) is 0 Å². The van der Waals surface area contributed by atoms with Crippen LogP contribution in [0.2, 0.25) is 0 Å². The molecule has 3 rings (SSSR count). The molecule has 0 bridgehead atoms. The molecule has 27 heavy (non-hydrogen) atoms. The van der Waals surface area contributed by atoms with E-state index >= 15 is 0 Å². The van der Waals surface area contributed by atoms with Gasteiger partial charge in [0, 0.05) is 22.0 Å². The fourth-order valence-corrected chi connectivity index (χ4v) is 3.68. The van der Waals surface area contributed by atoms with Gasteiger partial charge in [-0.3, -0.25) is 0 Å². The molecule has 0 amide bonds. The van der Waals surface area contributed by atoms with E-state index in [1.807, 2.05) is 42.5 Å². The predicted octanol–water partition coefficient (Wildman–Crippen LogP) is 5.54. The number of phenols is 1. The first kappa shape index (κ1) is 19.2. The number of benzene rings is 3. The molecular weight excluding hydrogens is 332 g/mol. The Morgan fingerprint density at radius 1 is 0.667 bits per heavy atom. The van der Waals surface area contributed by atoms with Crippen LogP contribution in [0.15, 0.2) is 72.8 Å². The predicted molar refractivity (Wildman–Crippen MR) is 111 cm³/mol. The van der Waals surface area contributed by atoms with Crippen molar-refractivity contribution in [1.29, 1.82) is 0 Å². The summed E-state index contributed by atoms with van der Waals surface area (Å²) in [5, 5.41) is 20.8. The molecule has 0 aliphatic carbocycles. The number of aliphatic hydroxyl groups excluding tert-OH is 1. The van der Waals surface area contributed by atoms with E-state index in [4.69, 9.17) is 0 Å². The minimum absolute atomic E-state index is 0.180. The molecule has 0 saturated heterocycles. The maximum atomic E-state index is 10.9. The Labute approximate surface area is 162 Å². The molecule has 2 N–H and O–H groups in total. The fraction of sp³-hybridized carbons (Fsp3) is 0.280. The normalized spacial score (nSPS) is 12.2. The van der Waals surface area contributed by atoms with E-state index < -0.39 is 5.41 Å². The van der Waals surface area contributed by atoms with E-state index in [1.165, 1.54) is 5.56 Å². The van der Waals surface area contributed by atoms with Crippen molar-refractivity contribution in [1.82, 2.24) is 0 Å². The van der Waals surface area contributed by atoms with Gasteiger partial charge in [0.1, 0.15) is 5.75 Å². The third-order valence-corrected chi connectivity index (χ3v) is 5.75. The summed E-state index contributed by atoms with van der Waals surface area (Å²) in [6.07, 6.45) is 0. The number of rotatable bonds is 5. The zero-order valence-electron chi connectivity index (χ0n) is 16.5. The highest BCUT2D eigenvalue weighted by Gasteiger charge is 2.31. The monoisotopic (exact) mass is 360 g/mol. The van der Waals surface area contributed by atoms with E-state index in [2.05, 4.69) is 58.0 Å². The van der Waals surface area contributed by atoms with Crippen LogP contribution < -0.4 is 0 Å². The van der Waals surface area contributed by atoms with Crippen molar-refractivity contribution >= 4 is 0 Å². The van der Waals surface area contributed by atoms with Crippen LogP contribution in [0, 0.1) is 0 Å². The highest BCUT2D eigenvalue weighted by atomic mass is 16.3. The molecule has 3 aromatic carbocycles. The summed E-state index contributed by atoms with van der Waals surface area (Å²) >= 11 is 0. The van der Waals surface area contributed by atoms with Crippen LogP contribution in [0.25, 0.3) is 0 Å². The van der Waals surface area contributed by atoms with Gasteiger partial charge in [-0.2, -0.15) is 0 Å². The van der Waals surface area contributed by atoms with Crippen LogP contribution in [-0.4, -0.2) is 10.2 Å². The van der Waals surface area contributed by atoms with Crippen LogP contribution in [0.3, 0.4) is 0 Å². The van der Waals surface area contributed by atoms with E-state index in [9.17, 15) is 10.2 Å². The highest BCUT2D eigenvalue weighted by molar-refractivity contribution is 5.54. The second-order valence-corrected chi connectivity index (χ2v) is 8.17. The lowest BCUT2D eigenvalue weighted by molar-refractivity contribution is 0.274. The average molecular weight is 360 g/mol. The average Bonchev–Trinajstić information content (AvgIpc) is 2.69. The minimum Gasteiger partial charge on any atom is -0.507 e. The summed E-state index contributed by atoms with van der Waals surface area (Å²) in [4.78, 5) is 0. The van der Waals surface area contributed by atoms with Crippen molar-refractivity contribution in [2.75, 3.05) is 0 Å². The van der Waals surface area contributed by atoms with Crippen molar-refractivity contribution in [3.05, 3.63) is 101 Å². The first-order valence-corrected chi connectivity index (χ1v) is 9.37. The summed E-state index contributed by atoms with van der Waals surface area (Å²) in [7, 11) is 0. The molecular formula is C25H28O2. The molecule has 0 unspecified atom stereocenters. The lowest BCUT2D eigenvalue weighted by atomic mass is 9.72. The Balaban J connectivity index is 2.21. The second-order valence-electron chi connectivity index (χ2n) is 8.17. The minimum atomic E-state index is -0.391. The number of hydrogen-bond donors (Lipinski definition) is 2. The van der Waals surface area contributed by atoms with E-state index in [0.717, 1.165) is 16.7 Å². The van der Waals surface area contributed by atoms with Crippen LogP contribution in [0.1, 0.15) is 55.5 Å². The number of hydrogen-bond acceptors (Lipinski definition) is 2. The first-order chi connectivity index (χ1) is 12.8. The Hall–Kier alpha value is -2.58. The molecule has 0 heterocycles. The zero-order chi connectivity index (χ0) is 19.7. The molecule has 0 spiro atoms. The van der Waals surface area contributed by atoms with Crippen molar-refractivity contribution in [3.63, 3.8) is 0 Å². The number of aliphatic hydroxyl groups is 1. The standard InChI is InChI=1S/C25H28O2/c1-24(2,19-11-7-5-8-12-19)21-15-18(17-26)23(27)22(16-21)25(3,4)20-13-9-6-10-14-20/h5-16,26-27H,17H2,1-4H3. The number of aromatic hydroxyl groups is 1. The van der Waals surface area contributed by atoms with Crippen molar-refractivity contribution in [3.8, 4) is 5.75 Å². The van der Waals surface area contributed by atoms with Gasteiger partial charge >= 0.3 is 0 Å². The van der Waals surface area contributed by atoms with Crippen LogP contribution in [0.4, 0.5) is 0 Å². The molecule has 0 radical (unpaired) electrons. The van der Waals surface area contributed by atoms with Gasteiger partial charge in [0.05, 0.1) is 6.61 Å². The highest BCUT2D eigenvalue weighted by Crippen LogP contribution is 2.42. The first-order valence-electron chi connectivity index (χ1n) is 9.37. The fourth-order valence-electron chi connectivity index (χ4n) is 3.68. The van der Waals surface area contributed by atoms with Gasteiger partial charge < -0.3 is 10.2 Å². The molecule has 140 valence electrons. The second kappa shape index (κ2) is 7.21. The van der Waals surface area contributed by atoms with Gasteiger partial charge in [-0.1, -0.05) is 94.4 Å². The zero-order valence-corrected chi connectivity index (χ0v) is 16.5. The SMILES string of the molecule is CC(C)(c1ccccc1)c1cc(CO)c(O)c(C(C)(C)c2ccccc2)c1. The molecule has 0 aliphatic rings. The summed E-state index contributed by atoms with van der Waals surface area (Å²) in [6.45, 7) is 8.38. The van der Waals surface area contributed by atoms with Gasteiger partial charge in [0.2, 0.25) is 0 Å². The molecule has 0 saturated carbocycles. The van der Waals surface area contributed by atoms with Crippen molar-refractivity contribution in [2.45, 2.75) is 45.1 Å². The van der Waals surface area contributed by atoms with Crippen molar-refractivity contribution in [2.24, 2.45) is 0 Å². The van der Waals surface area contributed by atoms with Gasteiger partial charge in [-0.15, -0.1) is 0 Å². The van der Waals surface area contributed by atoms with E-state index in [1.54, 1.807) is 0 Å². The quantitative estimate of drug-likeness (QED) is 0.627.